The molecule has 0 radical (unpaired) electrons. The molecule has 1 fully saturated rings. The molecule has 0 aromatic rings. The zero-order chi connectivity index (χ0) is 16.9. The molecule has 1 aliphatic rings. The molecule has 0 aliphatic carbocycles. The highest BCUT2D eigenvalue weighted by atomic mass is 16.5. The Bertz CT molecular complexity index is 340. The highest BCUT2D eigenvalue weighted by Gasteiger charge is 2.17. The largest absolute Gasteiger partial charge is 0.481 e. The number of aliphatic carboxylic acids is 1. The number of ether oxygens (including phenoxy) is 1. The summed E-state index contributed by atoms with van der Waals surface area (Å²) >= 11 is 0. The Morgan fingerprint density at radius 3 is 2.43 bits per heavy atom. The number of rotatable bonds is 13. The van der Waals surface area contributed by atoms with Crippen LogP contribution in [0.3, 0.4) is 0 Å². The number of esters is 1. The third-order valence-electron chi connectivity index (χ3n) is 4.41. The van der Waals surface area contributed by atoms with Gasteiger partial charge >= 0.3 is 11.9 Å². The van der Waals surface area contributed by atoms with E-state index in [0.29, 0.717) is 12.8 Å². The van der Waals surface area contributed by atoms with E-state index in [1.165, 1.54) is 19.3 Å². The molecule has 0 aromatic carbocycles. The SMILES string of the molecule is CCCCCCC(CCC(=O)O)OC(=O)CCCN1CCCC1. The number of hydrogen-bond donors (Lipinski definition) is 1. The number of nitrogens with zero attached hydrogens (tertiary/aromatic N) is 1. The number of hydrogen-bond acceptors (Lipinski definition) is 4. The van der Waals surface area contributed by atoms with Crippen LogP contribution < -0.4 is 0 Å². The fourth-order valence-corrected chi connectivity index (χ4v) is 3.04. The lowest BCUT2D eigenvalue weighted by Gasteiger charge is -2.18. The molecule has 5 heteroatoms. The van der Waals surface area contributed by atoms with E-state index < -0.39 is 5.97 Å². The van der Waals surface area contributed by atoms with Crippen molar-refractivity contribution in [3.63, 3.8) is 0 Å². The minimum atomic E-state index is -0.825. The third-order valence-corrected chi connectivity index (χ3v) is 4.41. The summed E-state index contributed by atoms with van der Waals surface area (Å²) in [6.07, 6.45) is 9.30. The summed E-state index contributed by atoms with van der Waals surface area (Å²) < 4.78 is 5.53. The normalized spacial score (nSPS) is 16.4. The van der Waals surface area contributed by atoms with E-state index in [0.717, 1.165) is 51.7 Å². The molecule has 1 unspecified atom stereocenters. The van der Waals surface area contributed by atoms with Crippen molar-refractivity contribution in [2.24, 2.45) is 0 Å². The highest BCUT2D eigenvalue weighted by molar-refractivity contribution is 5.70. The van der Waals surface area contributed by atoms with Gasteiger partial charge < -0.3 is 14.7 Å². The lowest BCUT2D eigenvalue weighted by atomic mass is 10.1. The first-order valence-corrected chi connectivity index (χ1v) is 9.25. The maximum Gasteiger partial charge on any atom is 0.306 e. The van der Waals surface area contributed by atoms with Crippen molar-refractivity contribution in [2.75, 3.05) is 19.6 Å². The van der Waals surface area contributed by atoms with Gasteiger partial charge in [-0.2, -0.15) is 0 Å². The van der Waals surface area contributed by atoms with E-state index in [1.54, 1.807) is 0 Å². The van der Waals surface area contributed by atoms with Crippen LogP contribution >= 0.6 is 0 Å². The van der Waals surface area contributed by atoms with Crippen LogP contribution in [0.1, 0.15) is 77.6 Å². The van der Waals surface area contributed by atoms with Crippen molar-refractivity contribution in [1.82, 2.24) is 4.90 Å². The summed E-state index contributed by atoms with van der Waals surface area (Å²) in [4.78, 5) is 25.1. The number of carbonyl (C=O) groups is 2. The van der Waals surface area contributed by atoms with Crippen LogP contribution in [0, 0.1) is 0 Å². The molecule has 1 N–H and O–H groups in total. The van der Waals surface area contributed by atoms with Crippen molar-refractivity contribution in [3.8, 4) is 0 Å². The maximum absolute atomic E-state index is 12.0. The van der Waals surface area contributed by atoms with Crippen LogP contribution in [0.15, 0.2) is 0 Å². The third kappa shape index (κ3) is 10.3. The monoisotopic (exact) mass is 327 g/mol. The molecule has 5 nitrogen and oxygen atoms in total. The number of likely N-dealkylation sites (tertiary alicyclic amines) is 1. The Hall–Kier alpha value is -1.10. The van der Waals surface area contributed by atoms with E-state index in [9.17, 15) is 9.59 Å². The summed E-state index contributed by atoms with van der Waals surface area (Å²) in [5, 5.41) is 8.82. The average molecular weight is 327 g/mol. The first-order chi connectivity index (χ1) is 11.1. The molecular formula is C18H33NO4. The molecule has 23 heavy (non-hydrogen) atoms. The van der Waals surface area contributed by atoms with E-state index in [1.807, 2.05) is 0 Å². The predicted octanol–water partition coefficient (Wildman–Crippen LogP) is 3.61. The minimum absolute atomic E-state index is 0.0690. The molecule has 0 spiro atoms. The van der Waals surface area contributed by atoms with Gasteiger partial charge in [0.1, 0.15) is 6.10 Å². The zero-order valence-corrected chi connectivity index (χ0v) is 14.6. The summed E-state index contributed by atoms with van der Waals surface area (Å²) in [5.74, 6) is -0.997. The molecule has 0 saturated carbocycles. The van der Waals surface area contributed by atoms with Crippen molar-refractivity contribution in [1.29, 1.82) is 0 Å². The van der Waals surface area contributed by atoms with Gasteiger partial charge in [0.15, 0.2) is 0 Å². The lowest BCUT2D eigenvalue weighted by Crippen LogP contribution is -2.23. The van der Waals surface area contributed by atoms with Gasteiger partial charge in [-0.25, -0.2) is 0 Å². The fraction of sp³-hybridized carbons (Fsp3) is 0.889. The summed E-state index contributed by atoms with van der Waals surface area (Å²) in [6, 6.07) is 0. The van der Waals surface area contributed by atoms with E-state index >= 15 is 0 Å². The summed E-state index contributed by atoms with van der Waals surface area (Å²) in [7, 11) is 0. The Labute approximate surface area is 140 Å². The molecule has 1 rings (SSSR count). The fourth-order valence-electron chi connectivity index (χ4n) is 3.04. The molecule has 1 saturated heterocycles. The molecule has 0 bridgehead atoms. The van der Waals surface area contributed by atoms with E-state index in [4.69, 9.17) is 9.84 Å². The Kier molecular flexibility index (Phi) is 10.7. The Balaban J connectivity index is 2.22. The van der Waals surface area contributed by atoms with E-state index in [-0.39, 0.29) is 18.5 Å². The molecule has 134 valence electrons. The first kappa shape index (κ1) is 19.9. The van der Waals surface area contributed by atoms with Gasteiger partial charge in [0.25, 0.3) is 0 Å². The van der Waals surface area contributed by atoms with Crippen molar-refractivity contribution in [2.45, 2.75) is 83.7 Å². The summed E-state index contributed by atoms with van der Waals surface area (Å²) in [5.41, 5.74) is 0. The highest BCUT2D eigenvalue weighted by Crippen LogP contribution is 2.15. The second-order valence-electron chi connectivity index (χ2n) is 6.55. The Morgan fingerprint density at radius 1 is 1.04 bits per heavy atom. The van der Waals surface area contributed by atoms with Crippen molar-refractivity contribution >= 4 is 11.9 Å². The van der Waals surface area contributed by atoms with Crippen LogP contribution in [0.4, 0.5) is 0 Å². The van der Waals surface area contributed by atoms with Crippen LogP contribution in [0.25, 0.3) is 0 Å². The first-order valence-electron chi connectivity index (χ1n) is 9.25. The predicted molar refractivity (Wildman–Crippen MR) is 90.4 cm³/mol. The van der Waals surface area contributed by atoms with Crippen LogP contribution in [0.2, 0.25) is 0 Å². The van der Waals surface area contributed by atoms with Crippen molar-refractivity contribution < 1.29 is 19.4 Å². The van der Waals surface area contributed by atoms with Gasteiger partial charge in [0.2, 0.25) is 0 Å². The van der Waals surface area contributed by atoms with Gasteiger partial charge in [0.05, 0.1) is 0 Å². The Morgan fingerprint density at radius 2 is 1.78 bits per heavy atom. The minimum Gasteiger partial charge on any atom is -0.481 e. The topological polar surface area (TPSA) is 66.8 Å². The van der Waals surface area contributed by atoms with Crippen LogP contribution in [-0.2, 0) is 14.3 Å². The standard InChI is InChI=1S/C18H33NO4/c1-2-3-4-5-9-16(11-12-17(20)21)23-18(22)10-8-15-19-13-6-7-14-19/h16H,2-15H2,1H3,(H,20,21). The second kappa shape index (κ2) is 12.3. The molecular weight excluding hydrogens is 294 g/mol. The molecule has 1 aliphatic heterocycles. The van der Waals surface area contributed by atoms with Crippen molar-refractivity contribution in [3.05, 3.63) is 0 Å². The van der Waals surface area contributed by atoms with Gasteiger partial charge in [-0.3, -0.25) is 9.59 Å². The molecule has 1 heterocycles. The van der Waals surface area contributed by atoms with Crippen LogP contribution in [-0.4, -0.2) is 47.7 Å². The maximum atomic E-state index is 12.0. The van der Waals surface area contributed by atoms with Crippen LogP contribution in [0.5, 0.6) is 0 Å². The second-order valence-corrected chi connectivity index (χ2v) is 6.55. The van der Waals surface area contributed by atoms with Gasteiger partial charge in [0, 0.05) is 12.8 Å². The smallest absolute Gasteiger partial charge is 0.306 e. The number of carboxylic acid groups (broad SMARTS) is 1. The molecule has 0 amide bonds. The molecule has 0 aromatic heterocycles. The van der Waals surface area contributed by atoms with Gasteiger partial charge in [-0.15, -0.1) is 0 Å². The zero-order valence-electron chi connectivity index (χ0n) is 14.6. The lowest BCUT2D eigenvalue weighted by molar-refractivity contribution is -0.151. The number of unbranched alkanes of at least 4 members (excludes halogenated alkanes) is 3. The number of carbonyl (C=O) groups excluding carboxylic acids is 1. The van der Waals surface area contributed by atoms with Gasteiger partial charge in [-0.1, -0.05) is 26.2 Å². The van der Waals surface area contributed by atoms with Gasteiger partial charge in [-0.05, 0) is 58.2 Å². The molecule has 1 atom stereocenters. The van der Waals surface area contributed by atoms with E-state index in [2.05, 4.69) is 11.8 Å². The number of carboxylic acids is 1. The quantitative estimate of drug-likeness (QED) is 0.413. The average Bonchev–Trinajstić information content (AvgIpc) is 3.02. The summed E-state index contributed by atoms with van der Waals surface area (Å²) in [6.45, 7) is 5.41.